The van der Waals surface area contributed by atoms with Gasteiger partial charge in [-0.2, -0.15) is 4.98 Å². The second-order valence-electron chi connectivity index (χ2n) is 7.00. The fourth-order valence-electron chi connectivity index (χ4n) is 3.16. The van der Waals surface area contributed by atoms with Gasteiger partial charge in [0, 0.05) is 28.9 Å². The Labute approximate surface area is 204 Å². The zero-order valence-corrected chi connectivity index (χ0v) is 19.2. The van der Waals surface area contributed by atoms with Gasteiger partial charge >= 0.3 is 6.01 Å². The van der Waals surface area contributed by atoms with Crippen LogP contribution in [0.1, 0.15) is 17.3 Å². The van der Waals surface area contributed by atoms with Crippen LogP contribution in [0.2, 0.25) is 10.0 Å². The molecule has 0 atom stereocenters. The summed E-state index contributed by atoms with van der Waals surface area (Å²) in [5.41, 5.74) is 1.71. The Bertz CT molecular complexity index is 1390. The maximum atomic E-state index is 12.7. The molecule has 3 aromatic carbocycles. The van der Waals surface area contributed by atoms with E-state index in [0.717, 1.165) is 0 Å². The molecule has 0 radical (unpaired) electrons. The summed E-state index contributed by atoms with van der Waals surface area (Å²) < 4.78 is 7.04. The number of carbonyl (C=O) groups is 1. The molecule has 0 bridgehead atoms. The van der Waals surface area contributed by atoms with Gasteiger partial charge in [-0.25, -0.2) is 4.68 Å². The van der Waals surface area contributed by atoms with Crippen LogP contribution in [0.5, 0.6) is 6.01 Å². The van der Waals surface area contributed by atoms with Crippen molar-refractivity contribution in [2.24, 2.45) is 0 Å². The minimum atomic E-state index is -0.553. The molecule has 4 rings (SSSR count). The van der Waals surface area contributed by atoms with E-state index >= 15 is 0 Å². The third-order valence-corrected chi connectivity index (χ3v) is 5.45. The second-order valence-corrected chi connectivity index (χ2v) is 7.82. The summed E-state index contributed by atoms with van der Waals surface area (Å²) in [4.78, 5) is 27.6. The van der Waals surface area contributed by atoms with Crippen molar-refractivity contribution >= 4 is 40.5 Å². The molecule has 1 heterocycles. The van der Waals surface area contributed by atoms with Crippen LogP contribution in [0.15, 0.2) is 66.7 Å². The monoisotopic (exact) mass is 497 g/mol. The van der Waals surface area contributed by atoms with Gasteiger partial charge in [-0.15, -0.1) is 5.10 Å². The first-order valence-corrected chi connectivity index (χ1v) is 10.8. The number of benzene rings is 3. The van der Waals surface area contributed by atoms with Crippen molar-refractivity contribution in [1.82, 2.24) is 14.8 Å². The molecule has 172 valence electrons. The first-order valence-electron chi connectivity index (χ1n) is 10.1. The Morgan fingerprint density at radius 2 is 1.88 bits per heavy atom. The highest BCUT2D eigenvalue weighted by molar-refractivity contribution is 6.42. The van der Waals surface area contributed by atoms with E-state index in [1.165, 1.54) is 24.3 Å². The van der Waals surface area contributed by atoms with Crippen molar-refractivity contribution in [2.45, 2.75) is 6.92 Å². The third kappa shape index (κ3) is 5.00. The Morgan fingerprint density at radius 3 is 2.62 bits per heavy atom. The predicted octanol–water partition coefficient (Wildman–Crippen LogP) is 5.80. The molecule has 9 nitrogen and oxygen atoms in total. The number of hydrogen-bond acceptors (Lipinski definition) is 6. The molecule has 0 aliphatic rings. The average molecular weight is 498 g/mol. The fourth-order valence-corrected chi connectivity index (χ4v) is 3.46. The minimum Gasteiger partial charge on any atom is -0.463 e. The van der Waals surface area contributed by atoms with Gasteiger partial charge in [0.05, 0.1) is 27.3 Å². The molecule has 0 fully saturated rings. The number of nitro benzene ring substituents is 1. The molecule has 0 saturated heterocycles. The van der Waals surface area contributed by atoms with E-state index < -0.39 is 10.8 Å². The largest absolute Gasteiger partial charge is 0.463 e. The quantitative estimate of drug-likeness (QED) is 0.255. The third-order valence-electron chi connectivity index (χ3n) is 4.71. The number of nitrogens with one attached hydrogen (secondary N) is 1. The van der Waals surface area contributed by atoms with Crippen molar-refractivity contribution < 1.29 is 14.5 Å². The van der Waals surface area contributed by atoms with Crippen LogP contribution in [0, 0.1) is 10.1 Å². The van der Waals surface area contributed by atoms with Gasteiger partial charge < -0.3 is 10.1 Å². The molecule has 0 saturated carbocycles. The van der Waals surface area contributed by atoms with Gasteiger partial charge in [0.15, 0.2) is 5.82 Å². The summed E-state index contributed by atoms with van der Waals surface area (Å²) in [6.07, 6.45) is 0. The summed E-state index contributed by atoms with van der Waals surface area (Å²) >= 11 is 12.2. The van der Waals surface area contributed by atoms with Crippen LogP contribution in [0.4, 0.5) is 11.4 Å². The number of hydrogen-bond donors (Lipinski definition) is 1. The maximum absolute atomic E-state index is 12.7. The average Bonchev–Trinajstić information content (AvgIpc) is 3.25. The normalized spacial score (nSPS) is 10.7. The molecule has 1 aromatic heterocycles. The summed E-state index contributed by atoms with van der Waals surface area (Å²) in [7, 11) is 0. The highest BCUT2D eigenvalue weighted by Gasteiger charge is 2.17. The molecule has 4 aromatic rings. The van der Waals surface area contributed by atoms with Crippen LogP contribution in [-0.2, 0) is 0 Å². The molecule has 1 N–H and O–H groups in total. The van der Waals surface area contributed by atoms with Crippen molar-refractivity contribution in [3.8, 4) is 23.1 Å². The number of nitro groups is 1. The number of ether oxygens (including phenoxy) is 1. The van der Waals surface area contributed by atoms with Crippen LogP contribution in [0.25, 0.3) is 17.1 Å². The number of nitrogens with zero attached hydrogens (tertiary/aromatic N) is 4. The summed E-state index contributed by atoms with van der Waals surface area (Å²) in [5, 5.41) is 19.0. The predicted molar refractivity (Wildman–Crippen MR) is 129 cm³/mol. The Morgan fingerprint density at radius 1 is 1.09 bits per heavy atom. The molecular formula is C23H17Cl2N5O4. The number of non-ortho nitro benzene ring substituents is 1. The van der Waals surface area contributed by atoms with Crippen LogP contribution in [0.3, 0.4) is 0 Å². The molecule has 11 heteroatoms. The number of anilines is 1. The van der Waals surface area contributed by atoms with Crippen LogP contribution < -0.4 is 10.1 Å². The Balaban J connectivity index is 1.68. The summed E-state index contributed by atoms with van der Waals surface area (Å²) in [5.74, 6) is -0.0247. The lowest BCUT2D eigenvalue weighted by molar-refractivity contribution is -0.384. The highest BCUT2D eigenvalue weighted by atomic mass is 35.5. The SMILES string of the molecule is CCOc1nc(-c2ccc(Cl)c(Cl)c2)n(-c2cccc(NC(=O)c3cccc([N+](=O)[O-])c3)c2)n1. The molecule has 0 unspecified atom stereocenters. The summed E-state index contributed by atoms with van der Waals surface area (Å²) in [6.45, 7) is 2.20. The van der Waals surface area contributed by atoms with E-state index in [1.54, 1.807) is 47.1 Å². The van der Waals surface area contributed by atoms with Crippen molar-refractivity contribution in [1.29, 1.82) is 0 Å². The van der Waals surface area contributed by atoms with E-state index in [4.69, 9.17) is 27.9 Å². The zero-order valence-electron chi connectivity index (χ0n) is 17.7. The molecule has 1 amide bonds. The maximum Gasteiger partial charge on any atom is 0.336 e. The molecular weight excluding hydrogens is 481 g/mol. The second kappa shape index (κ2) is 9.90. The summed E-state index contributed by atoms with van der Waals surface area (Å²) in [6, 6.07) is 17.7. The van der Waals surface area contributed by atoms with Gasteiger partial charge in [0.25, 0.3) is 11.6 Å². The lowest BCUT2D eigenvalue weighted by Gasteiger charge is -2.10. The van der Waals surface area contributed by atoms with Gasteiger partial charge in [-0.1, -0.05) is 35.3 Å². The molecule has 34 heavy (non-hydrogen) atoms. The number of rotatable bonds is 7. The van der Waals surface area contributed by atoms with Gasteiger partial charge in [-0.3, -0.25) is 14.9 Å². The van der Waals surface area contributed by atoms with E-state index in [0.29, 0.717) is 39.4 Å². The van der Waals surface area contributed by atoms with Gasteiger partial charge in [-0.05, 0) is 49.4 Å². The van der Waals surface area contributed by atoms with Crippen LogP contribution >= 0.6 is 23.2 Å². The lowest BCUT2D eigenvalue weighted by Crippen LogP contribution is -2.12. The lowest BCUT2D eigenvalue weighted by atomic mass is 10.2. The van der Waals surface area contributed by atoms with Crippen molar-refractivity contribution in [2.75, 3.05) is 11.9 Å². The Hall–Kier alpha value is -3.95. The molecule has 0 spiro atoms. The van der Waals surface area contributed by atoms with Crippen LogP contribution in [-0.4, -0.2) is 32.2 Å². The van der Waals surface area contributed by atoms with E-state index in [9.17, 15) is 14.9 Å². The van der Waals surface area contributed by atoms with Gasteiger partial charge in [0.1, 0.15) is 0 Å². The number of carbonyl (C=O) groups excluding carboxylic acids is 1. The van der Waals surface area contributed by atoms with E-state index in [2.05, 4.69) is 15.4 Å². The van der Waals surface area contributed by atoms with E-state index in [1.807, 2.05) is 6.92 Å². The zero-order chi connectivity index (χ0) is 24.2. The highest BCUT2D eigenvalue weighted by Crippen LogP contribution is 2.30. The number of amides is 1. The first kappa shape index (κ1) is 23.2. The van der Waals surface area contributed by atoms with Crippen molar-refractivity contribution in [3.63, 3.8) is 0 Å². The van der Waals surface area contributed by atoms with Crippen molar-refractivity contribution in [3.05, 3.63) is 92.5 Å². The minimum absolute atomic E-state index is 0.162. The smallest absolute Gasteiger partial charge is 0.336 e. The van der Waals surface area contributed by atoms with Gasteiger partial charge in [0.2, 0.25) is 0 Å². The number of aromatic nitrogens is 3. The fraction of sp³-hybridized carbons (Fsp3) is 0.0870. The standard InChI is InChI=1S/C23H17Cl2N5O4/c1-2-34-23-27-21(14-9-10-19(24)20(25)12-14)29(28-23)17-7-4-6-16(13-17)26-22(31)15-5-3-8-18(11-15)30(32)33/h3-13H,2H2,1H3,(H,26,31). The number of halogens is 2. The first-order chi connectivity index (χ1) is 16.4. The molecule has 0 aliphatic carbocycles. The topological polar surface area (TPSA) is 112 Å². The van der Waals surface area contributed by atoms with E-state index in [-0.39, 0.29) is 17.3 Å². The Kier molecular flexibility index (Phi) is 6.76. The molecule has 0 aliphatic heterocycles.